The van der Waals surface area contributed by atoms with E-state index in [1.165, 1.54) is 29.2 Å². The van der Waals surface area contributed by atoms with Crippen LogP contribution >= 0.6 is 23.2 Å². The highest BCUT2D eigenvalue weighted by molar-refractivity contribution is 6.38. The number of fused-ring (bicyclic) bond motifs is 1. The fraction of sp³-hybridized carbons (Fsp3) is 0.400. The van der Waals surface area contributed by atoms with E-state index in [9.17, 15) is 0 Å². The van der Waals surface area contributed by atoms with E-state index in [2.05, 4.69) is 59.2 Å². The van der Waals surface area contributed by atoms with E-state index in [-0.39, 0.29) is 0 Å². The summed E-state index contributed by atoms with van der Waals surface area (Å²) in [7, 11) is 0. The molecule has 0 saturated carbocycles. The summed E-state index contributed by atoms with van der Waals surface area (Å²) in [5.41, 5.74) is 1.33. The van der Waals surface area contributed by atoms with E-state index in [0.29, 0.717) is 10.3 Å². The summed E-state index contributed by atoms with van der Waals surface area (Å²) >= 11 is 12.8. The monoisotopic (exact) mass is 362 g/mol. The molecular formula is C20H24Cl2N2. The van der Waals surface area contributed by atoms with Gasteiger partial charge in [0, 0.05) is 13.1 Å². The SMILES string of the molecule is CCCCCN1CN(CCc2ccc3ccccc3c2)C(Cl)=C1Cl. The lowest BCUT2D eigenvalue weighted by molar-refractivity contribution is 0.256. The highest BCUT2D eigenvalue weighted by atomic mass is 35.5. The molecule has 2 aromatic rings. The lowest BCUT2D eigenvalue weighted by Crippen LogP contribution is -2.29. The van der Waals surface area contributed by atoms with E-state index < -0.39 is 0 Å². The van der Waals surface area contributed by atoms with Crippen LogP contribution in [0.1, 0.15) is 31.7 Å². The van der Waals surface area contributed by atoms with Crippen molar-refractivity contribution in [2.24, 2.45) is 0 Å². The zero-order valence-electron chi connectivity index (χ0n) is 14.1. The third-order valence-corrected chi connectivity index (χ3v) is 5.52. The largest absolute Gasteiger partial charge is 0.342 e. The third kappa shape index (κ3) is 3.99. The van der Waals surface area contributed by atoms with Crippen molar-refractivity contribution in [2.75, 3.05) is 19.8 Å². The summed E-state index contributed by atoms with van der Waals surface area (Å²) in [5.74, 6) is 0. The van der Waals surface area contributed by atoms with Crippen LogP contribution in [0.15, 0.2) is 52.8 Å². The fourth-order valence-corrected chi connectivity index (χ4v) is 3.65. The number of halogens is 2. The van der Waals surface area contributed by atoms with Gasteiger partial charge < -0.3 is 9.80 Å². The first-order chi connectivity index (χ1) is 11.7. The maximum absolute atomic E-state index is 6.43. The van der Waals surface area contributed by atoms with Crippen LogP contribution in [-0.2, 0) is 6.42 Å². The Morgan fingerprint density at radius 2 is 1.58 bits per heavy atom. The van der Waals surface area contributed by atoms with Gasteiger partial charge in [0.25, 0.3) is 0 Å². The molecule has 0 saturated heterocycles. The van der Waals surface area contributed by atoms with Gasteiger partial charge in [-0.2, -0.15) is 0 Å². The van der Waals surface area contributed by atoms with Crippen molar-refractivity contribution in [3.05, 3.63) is 58.3 Å². The molecule has 3 rings (SSSR count). The molecule has 0 bridgehead atoms. The van der Waals surface area contributed by atoms with E-state index >= 15 is 0 Å². The van der Waals surface area contributed by atoms with Crippen molar-refractivity contribution in [2.45, 2.75) is 32.6 Å². The molecule has 2 nitrogen and oxygen atoms in total. The van der Waals surface area contributed by atoms with Gasteiger partial charge in [-0.1, -0.05) is 85.4 Å². The summed E-state index contributed by atoms with van der Waals surface area (Å²) in [6, 6.07) is 15.1. The first kappa shape index (κ1) is 17.4. The molecule has 0 radical (unpaired) electrons. The second kappa shape index (κ2) is 8.13. The Morgan fingerprint density at radius 1 is 0.875 bits per heavy atom. The van der Waals surface area contributed by atoms with E-state index in [1.54, 1.807) is 0 Å². The minimum Gasteiger partial charge on any atom is -0.342 e. The molecule has 0 aliphatic carbocycles. The highest BCUT2D eigenvalue weighted by Crippen LogP contribution is 2.30. The van der Waals surface area contributed by atoms with Crippen molar-refractivity contribution in [1.82, 2.24) is 9.80 Å². The quantitative estimate of drug-likeness (QED) is 0.456. The van der Waals surface area contributed by atoms with Crippen molar-refractivity contribution in [3.8, 4) is 0 Å². The number of unbranched alkanes of at least 4 members (excludes halogenated alkanes) is 2. The molecule has 1 aliphatic rings. The minimum absolute atomic E-state index is 0.689. The van der Waals surface area contributed by atoms with Gasteiger partial charge in [-0.25, -0.2) is 0 Å². The highest BCUT2D eigenvalue weighted by Gasteiger charge is 2.25. The molecule has 0 aromatic heterocycles. The smallest absolute Gasteiger partial charge is 0.141 e. The molecule has 0 amide bonds. The average molecular weight is 363 g/mol. The maximum atomic E-state index is 6.43. The summed E-state index contributed by atoms with van der Waals surface area (Å²) < 4.78 is 0. The van der Waals surface area contributed by atoms with Gasteiger partial charge in [0.15, 0.2) is 0 Å². The number of hydrogen-bond acceptors (Lipinski definition) is 2. The molecule has 0 fully saturated rings. The maximum Gasteiger partial charge on any atom is 0.141 e. The molecule has 4 heteroatoms. The van der Waals surface area contributed by atoms with Gasteiger partial charge >= 0.3 is 0 Å². The van der Waals surface area contributed by atoms with E-state index in [1.807, 2.05) is 0 Å². The second-order valence-electron chi connectivity index (χ2n) is 6.39. The summed E-state index contributed by atoms with van der Waals surface area (Å²) in [6.45, 7) is 4.88. The van der Waals surface area contributed by atoms with Gasteiger partial charge in [0.05, 0.1) is 6.67 Å². The van der Waals surface area contributed by atoms with Crippen LogP contribution in [0.3, 0.4) is 0 Å². The molecule has 2 aromatic carbocycles. The zero-order valence-corrected chi connectivity index (χ0v) is 15.7. The van der Waals surface area contributed by atoms with Crippen LogP contribution in [0.4, 0.5) is 0 Å². The van der Waals surface area contributed by atoms with Crippen LogP contribution in [0.5, 0.6) is 0 Å². The predicted octanol–water partition coefficient (Wildman–Crippen LogP) is 5.75. The predicted molar refractivity (Wildman–Crippen MR) is 104 cm³/mol. The Hall–Kier alpha value is -1.38. The van der Waals surface area contributed by atoms with Crippen LogP contribution in [0.2, 0.25) is 0 Å². The molecule has 0 atom stereocenters. The number of nitrogens with zero attached hydrogens (tertiary/aromatic N) is 2. The molecular weight excluding hydrogens is 339 g/mol. The first-order valence-electron chi connectivity index (χ1n) is 8.72. The molecule has 1 heterocycles. The Bertz CT molecular complexity index is 726. The normalized spacial score (nSPS) is 15.0. The third-order valence-electron chi connectivity index (χ3n) is 4.58. The Kier molecular flexibility index (Phi) is 5.91. The molecule has 24 heavy (non-hydrogen) atoms. The molecule has 0 spiro atoms. The Balaban J connectivity index is 1.59. The van der Waals surface area contributed by atoms with Crippen molar-refractivity contribution in [1.29, 1.82) is 0 Å². The summed E-state index contributed by atoms with van der Waals surface area (Å²) in [4.78, 5) is 4.35. The Morgan fingerprint density at radius 3 is 2.33 bits per heavy atom. The van der Waals surface area contributed by atoms with Crippen molar-refractivity contribution >= 4 is 34.0 Å². The van der Waals surface area contributed by atoms with Crippen LogP contribution in [0.25, 0.3) is 10.8 Å². The van der Waals surface area contributed by atoms with Crippen molar-refractivity contribution < 1.29 is 0 Å². The summed E-state index contributed by atoms with van der Waals surface area (Å²) in [6.07, 6.45) is 4.58. The van der Waals surface area contributed by atoms with E-state index in [0.717, 1.165) is 32.6 Å². The molecule has 128 valence electrons. The molecule has 1 aliphatic heterocycles. The van der Waals surface area contributed by atoms with Crippen LogP contribution < -0.4 is 0 Å². The minimum atomic E-state index is 0.689. The van der Waals surface area contributed by atoms with Gasteiger partial charge in [-0.15, -0.1) is 0 Å². The van der Waals surface area contributed by atoms with Crippen LogP contribution in [0, 0.1) is 0 Å². The topological polar surface area (TPSA) is 6.48 Å². The first-order valence-corrected chi connectivity index (χ1v) is 9.47. The van der Waals surface area contributed by atoms with E-state index in [4.69, 9.17) is 23.2 Å². The van der Waals surface area contributed by atoms with Gasteiger partial charge in [0.2, 0.25) is 0 Å². The molecule has 0 N–H and O–H groups in total. The second-order valence-corrected chi connectivity index (χ2v) is 7.10. The molecule has 0 unspecified atom stereocenters. The van der Waals surface area contributed by atoms with Gasteiger partial charge in [-0.05, 0) is 29.2 Å². The number of hydrogen-bond donors (Lipinski definition) is 0. The number of rotatable bonds is 7. The van der Waals surface area contributed by atoms with Gasteiger partial charge in [0.1, 0.15) is 10.3 Å². The summed E-state index contributed by atoms with van der Waals surface area (Å²) in [5, 5.41) is 3.96. The average Bonchev–Trinajstić information content (AvgIpc) is 2.88. The van der Waals surface area contributed by atoms with Gasteiger partial charge in [-0.3, -0.25) is 0 Å². The lowest BCUT2D eigenvalue weighted by atomic mass is 10.1. The Labute approximate surface area is 154 Å². The lowest BCUT2D eigenvalue weighted by Gasteiger charge is -2.22. The number of benzene rings is 2. The zero-order chi connectivity index (χ0) is 16.9. The standard InChI is InChI=1S/C20H24Cl2N2/c1-2-3-6-12-23-15-24(20(22)19(23)21)13-11-16-9-10-17-7-4-5-8-18(17)14-16/h4-5,7-10,14H,2-3,6,11-13,15H2,1H3. The van der Waals surface area contributed by atoms with Crippen LogP contribution in [-0.4, -0.2) is 29.6 Å². The fourth-order valence-electron chi connectivity index (χ4n) is 3.14. The van der Waals surface area contributed by atoms with Crippen molar-refractivity contribution in [3.63, 3.8) is 0 Å².